The summed E-state index contributed by atoms with van der Waals surface area (Å²) in [5.74, 6) is 0.367. The lowest BCUT2D eigenvalue weighted by Crippen LogP contribution is -2.13. The van der Waals surface area contributed by atoms with Crippen molar-refractivity contribution in [1.82, 2.24) is 4.98 Å². The Hall–Kier alpha value is -3.05. The second kappa shape index (κ2) is 7.89. The van der Waals surface area contributed by atoms with Crippen molar-refractivity contribution in [3.63, 3.8) is 0 Å². The van der Waals surface area contributed by atoms with E-state index in [2.05, 4.69) is 15.6 Å². The molecule has 0 saturated carbocycles. The Kier molecular flexibility index (Phi) is 5.39. The van der Waals surface area contributed by atoms with E-state index in [1.54, 1.807) is 43.6 Å². The third-order valence-electron chi connectivity index (χ3n) is 3.78. The predicted molar refractivity (Wildman–Crippen MR) is 105 cm³/mol. The highest BCUT2D eigenvalue weighted by atomic mass is 35.5. The molecule has 0 aliphatic rings. The maximum absolute atomic E-state index is 12.5. The number of amides is 1. The van der Waals surface area contributed by atoms with Gasteiger partial charge >= 0.3 is 0 Å². The number of hydrogen-bond donors (Lipinski definition) is 2. The van der Waals surface area contributed by atoms with Crippen LogP contribution in [-0.2, 0) is 0 Å². The minimum Gasteiger partial charge on any atom is -0.497 e. The number of nitrogens with zero attached hydrogens (tertiary/aromatic N) is 1. The molecule has 1 heterocycles. The average molecular weight is 368 g/mol. The summed E-state index contributed by atoms with van der Waals surface area (Å²) in [6, 6.07) is 16.3. The monoisotopic (exact) mass is 367 g/mol. The largest absolute Gasteiger partial charge is 0.497 e. The van der Waals surface area contributed by atoms with E-state index < -0.39 is 0 Å². The zero-order valence-electron chi connectivity index (χ0n) is 14.4. The fourth-order valence-electron chi connectivity index (χ4n) is 2.37. The standard InChI is InChI=1S/C20H18ClN3O2/c1-13-6-7-15(11-18(13)21)23-16-8-9-22-19(12-16)20(25)24-14-4-3-5-17(10-14)26-2/h3-12H,1-2H3,(H,22,23)(H,24,25). The van der Waals surface area contributed by atoms with Gasteiger partial charge in [-0.15, -0.1) is 0 Å². The molecule has 2 aromatic carbocycles. The van der Waals surface area contributed by atoms with Gasteiger partial charge in [0.15, 0.2) is 0 Å². The number of aryl methyl sites for hydroxylation is 1. The quantitative estimate of drug-likeness (QED) is 0.662. The van der Waals surface area contributed by atoms with Crippen LogP contribution in [0.3, 0.4) is 0 Å². The number of pyridine rings is 1. The molecule has 0 radical (unpaired) electrons. The van der Waals surface area contributed by atoms with Crippen LogP contribution >= 0.6 is 11.6 Å². The molecule has 2 N–H and O–H groups in total. The second-order valence-electron chi connectivity index (χ2n) is 5.70. The number of carbonyl (C=O) groups excluding carboxylic acids is 1. The van der Waals surface area contributed by atoms with Gasteiger partial charge in [0.25, 0.3) is 5.91 Å². The Morgan fingerprint density at radius 2 is 1.85 bits per heavy atom. The maximum Gasteiger partial charge on any atom is 0.274 e. The number of halogens is 1. The van der Waals surface area contributed by atoms with Gasteiger partial charge in [-0.2, -0.15) is 0 Å². The van der Waals surface area contributed by atoms with Crippen LogP contribution in [0.2, 0.25) is 5.02 Å². The molecule has 6 heteroatoms. The van der Waals surface area contributed by atoms with Gasteiger partial charge in [-0.25, -0.2) is 0 Å². The minimum absolute atomic E-state index is 0.302. The summed E-state index contributed by atoms with van der Waals surface area (Å²) in [4.78, 5) is 16.6. The van der Waals surface area contributed by atoms with Crippen LogP contribution in [0.1, 0.15) is 16.1 Å². The minimum atomic E-state index is -0.302. The Bertz CT molecular complexity index is 944. The van der Waals surface area contributed by atoms with Gasteiger partial charge in [0, 0.05) is 34.3 Å². The SMILES string of the molecule is COc1cccc(NC(=O)c2cc(Nc3ccc(C)c(Cl)c3)ccn2)c1. The van der Waals surface area contributed by atoms with Crippen LogP contribution in [-0.4, -0.2) is 18.0 Å². The van der Waals surface area contributed by atoms with E-state index in [0.717, 1.165) is 16.9 Å². The zero-order valence-corrected chi connectivity index (χ0v) is 15.2. The molecule has 132 valence electrons. The Balaban J connectivity index is 1.75. The molecule has 0 saturated heterocycles. The second-order valence-corrected chi connectivity index (χ2v) is 6.11. The fraction of sp³-hybridized carbons (Fsp3) is 0.100. The number of ether oxygens (including phenoxy) is 1. The lowest BCUT2D eigenvalue weighted by atomic mass is 10.2. The fourth-order valence-corrected chi connectivity index (χ4v) is 2.55. The van der Waals surface area contributed by atoms with E-state index in [1.807, 2.05) is 31.2 Å². The first-order valence-electron chi connectivity index (χ1n) is 8.00. The van der Waals surface area contributed by atoms with Gasteiger partial charge in [0.2, 0.25) is 0 Å². The van der Waals surface area contributed by atoms with E-state index in [4.69, 9.17) is 16.3 Å². The van der Waals surface area contributed by atoms with Crippen molar-refractivity contribution in [2.75, 3.05) is 17.7 Å². The Labute approximate surface area is 157 Å². The third kappa shape index (κ3) is 4.32. The van der Waals surface area contributed by atoms with Crippen molar-refractivity contribution in [3.8, 4) is 5.75 Å². The van der Waals surface area contributed by atoms with Crippen LogP contribution in [0.25, 0.3) is 0 Å². The normalized spacial score (nSPS) is 10.3. The molecule has 0 unspecified atom stereocenters. The van der Waals surface area contributed by atoms with Gasteiger partial charge < -0.3 is 15.4 Å². The number of methoxy groups -OCH3 is 1. The van der Waals surface area contributed by atoms with Crippen molar-refractivity contribution in [2.24, 2.45) is 0 Å². The molecule has 0 atom stereocenters. The van der Waals surface area contributed by atoms with Crippen LogP contribution in [0.5, 0.6) is 5.75 Å². The lowest BCUT2D eigenvalue weighted by Gasteiger charge is -2.10. The highest BCUT2D eigenvalue weighted by molar-refractivity contribution is 6.31. The van der Waals surface area contributed by atoms with Crippen molar-refractivity contribution >= 4 is 34.6 Å². The van der Waals surface area contributed by atoms with Crippen molar-refractivity contribution < 1.29 is 9.53 Å². The van der Waals surface area contributed by atoms with Crippen molar-refractivity contribution in [1.29, 1.82) is 0 Å². The Morgan fingerprint density at radius 3 is 2.62 bits per heavy atom. The average Bonchev–Trinajstić information content (AvgIpc) is 2.65. The third-order valence-corrected chi connectivity index (χ3v) is 4.19. The van der Waals surface area contributed by atoms with Gasteiger partial charge in [-0.1, -0.05) is 23.7 Å². The molecule has 3 aromatic rings. The molecule has 3 rings (SSSR count). The predicted octanol–water partition coefficient (Wildman–Crippen LogP) is 5.05. The van der Waals surface area contributed by atoms with Gasteiger partial charge in [0.1, 0.15) is 11.4 Å². The summed E-state index contributed by atoms with van der Waals surface area (Å²) in [5, 5.41) is 6.72. The summed E-state index contributed by atoms with van der Waals surface area (Å²) < 4.78 is 5.16. The van der Waals surface area contributed by atoms with E-state index in [0.29, 0.717) is 22.2 Å². The number of aromatic nitrogens is 1. The summed E-state index contributed by atoms with van der Waals surface area (Å²) in [6.45, 7) is 1.94. The molecular weight excluding hydrogens is 350 g/mol. The number of hydrogen-bond acceptors (Lipinski definition) is 4. The Morgan fingerprint density at radius 1 is 1.04 bits per heavy atom. The highest BCUT2D eigenvalue weighted by Crippen LogP contribution is 2.23. The lowest BCUT2D eigenvalue weighted by molar-refractivity contribution is 0.102. The summed E-state index contributed by atoms with van der Waals surface area (Å²) in [7, 11) is 1.58. The molecule has 5 nitrogen and oxygen atoms in total. The number of anilines is 3. The van der Waals surface area contributed by atoms with Crippen LogP contribution < -0.4 is 15.4 Å². The molecule has 26 heavy (non-hydrogen) atoms. The molecule has 1 amide bonds. The highest BCUT2D eigenvalue weighted by Gasteiger charge is 2.09. The number of rotatable bonds is 5. The van der Waals surface area contributed by atoms with Gasteiger partial charge in [0.05, 0.1) is 7.11 Å². The molecule has 0 bridgehead atoms. The number of benzene rings is 2. The van der Waals surface area contributed by atoms with Gasteiger partial charge in [-0.3, -0.25) is 9.78 Å². The summed E-state index contributed by atoms with van der Waals surface area (Å²) >= 11 is 6.15. The van der Waals surface area contributed by atoms with Crippen molar-refractivity contribution in [3.05, 3.63) is 77.1 Å². The topological polar surface area (TPSA) is 63.2 Å². The molecule has 1 aromatic heterocycles. The molecule has 0 aliphatic heterocycles. The summed E-state index contributed by atoms with van der Waals surface area (Å²) in [5.41, 5.74) is 3.53. The number of nitrogens with one attached hydrogen (secondary N) is 2. The first kappa shape index (κ1) is 17.8. The van der Waals surface area contributed by atoms with E-state index in [9.17, 15) is 4.79 Å². The number of carbonyl (C=O) groups is 1. The smallest absolute Gasteiger partial charge is 0.274 e. The van der Waals surface area contributed by atoms with E-state index in [1.165, 1.54) is 0 Å². The van der Waals surface area contributed by atoms with E-state index >= 15 is 0 Å². The van der Waals surface area contributed by atoms with E-state index in [-0.39, 0.29) is 5.91 Å². The first-order valence-corrected chi connectivity index (χ1v) is 8.37. The zero-order chi connectivity index (χ0) is 18.5. The summed E-state index contributed by atoms with van der Waals surface area (Å²) in [6.07, 6.45) is 1.58. The van der Waals surface area contributed by atoms with Crippen molar-refractivity contribution in [2.45, 2.75) is 6.92 Å². The first-order chi connectivity index (χ1) is 12.5. The maximum atomic E-state index is 12.5. The van der Waals surface area contributed by atoms with Gasteiger partial charge in [-0.05, 0) is 48.9 Å². The molecule has 0 fully saturated rings. The molecular formula is C20H18ClN3O2. The van der Waals surface area contributed by atoms with Crippen LogP contribution in [0, 0.1) is 6.92 Å². The molecule has 0 spiro atoms. The van der Waals surface area contributed by atoms with Crippen LogP contribution in [0.4, 0.5) is 17.1 Å². The molecule has 0 aliphatic carbocycles. The van der Waals surface area contributed by atoms with Crippen LogP contribution in [0.15, 0.2) is 60.8 Å².